The van der Waals surface area contributed by atoms with Crippen LogP contribution in [-0.4, -0.2) is 37.1 Å². The van der Waals surface area contributed by atoms with Gasteiger partial charge >= 0.3 is 0 Å². The summed E-state index contributed by atoms with van der Waals surface area (Å²) in [6.45, 7) is 3.17. The zero-order chi connectivity index (χ0) is 13.2. The van der Waals surface area contributed by atoms with Crippen LogP contribution < -0.4 is 0 Å². The SMILES string of the molecule is CCS(=O)(=O)N1CCc2c(COC)cncc2C1. The average molecular weight is 270 g/mol. The zero-order valence-corrected chi connectivity index (χ0v) is 11.5. The highest BCUT2D eigenvalue weighted by Gasteiger charge is 2.26. The van der Waals surface area contributed by atoms with E-state index in [1.807, 2.05) is 0 Å². The molecule has 0 radical (unpaired) electrons. The van der Waals surface area contributed by atoms with Crippen LogP contribution in [0.25, 0.3) is 0 Å². The Balaban J connectivity index is 2.28. The van der Waals surface area contributed by atoms with Crippen molar-refractivity contribution < 1.29 is 13.2 Å². The molecule has 0 atom stereocenters. The molecule has 1 aliphatic heterocycles. The van der Waals surface area contributed by atoms with Gasteiger partial charge in [-0.3, -0.25) is 4.98 Å². The van der Waals surface area contributed by atoms with Crippen molar-refractivity contribution in [3.05, 3.63) is 29.1 Å². The van der Waals surface area contributed by atoms with Gasteiger partial charge in [0.05, 0.1) is 12.4 Å². The maximum atomic E-state index is 11.9. The van der Waals surface area contributed by atoms with Gasteiger partial charge < -0.3 is 4.74 Å². The Bertz CT molecular complexity index is 528. The minimum atomic E-state index is -3.11. The molecule has 0 saturated heterocycles. The van der Waals surface area contributed by atoms with E-state index in [0.717, 1.165) is 17.5 Å². The lowest BCUT2D eigenvalue weighted by Gasteiger charge is -2.28. The lowest BCUT2D eigenvalue weighted by Crippen LogP contribution is -2.37. The minimum Gasteiger partial charge on any atom is -0.380 e. The van der Waals surface area contributed by atoms with Crippen molar-refractivity contribution >= 4 is 10.0 Å². The van der Waals surface area contributed by atoms with Crippen molar-refractivity contribution in [3.8, 4) is 0 Å². The molecule has 0 amide bonds. The summed E-state index contributed by atoms with van der Waals surface area (Å²) in [6.07, 6.45) is 4.29. The molecule has 2 rings (SSSR count). The molecule has 0 unspecified atom stereocenters. The summed E-state index contributed by atoms with van der Waals surface area (Å²) in [4.78, 5) is 4.16. The van der Waals surface area contributed by atoms with Crippen molar-refractivity contribution in [2.45, 2.75) is 26.5 Å². The van der Waals surface area contributed by atoms with Gasteiger partial charge in [0.1, 0.15) is 0 Å². The molecule has 1 aromatic heterocycles. The van der Waals surface area contributed by atoms with Crippen LogP contribution in [0.5, 0.6) is 0 Å². The number of ether oxygens (including phenoxy) is 1. The monoisotopic (exact) mass is 270 g/mol. The third kappa shape index (κ3) is 2.55. The lowest BCUT2D eigenvalue weighted by molar-refractivity contribution is 0.183. The minimum absolute atomic E-state index is 0.146. The number of rotatable bonds is 4. The molecule has 0 bridgehead atoms. The molecule has 6 heteroatoms. The molecule has 2 heterocycles. The van der Waals surface area contributed by atoms with Gasteiger partial charge in [0, 0.05) is 32.6 Å². The van der Waals surface area contributed by atoms with Crippen LogP contribution in [0.3, 0.4) is 0 Å². The van der Waals surface area contributed by atoms with E-state index in [0.29, 0.717) is 19.7 Å². The lowest BCUT2D eigenvalue weighted by atomic mass is 9.99. The quantitative estimate of drug-likeness (QED) is 0.817. The first kappa shape index (κ1) is 13.5. The summed E-state index contributed by atoms with van der Waals surface area (Å²) >= 11 is 0. The van der Waals surface area contributed by atoms with Crippen molar-refractivity contribution in [2.75, 3.05) is 19.4 Å². The summed E-state index contributed by atoms with van der Waals surface area (Å²) in [5.41, 5.74) is 3.24. The number of fused-ring (bicyclic) bond motifs is 1. The van der Waals surface area contributed by atoms with Crippen LogP contribution in [0.1, 0.15) is 23.6 Å². The third-order valence-electron chi connectivity index (χ3n) is 3.25. The van der Waals surface area contributed by atoms with Crippen molar-refractivity contribution in [1.29, 1.82) is 0 Å². The Morgan fingerprint density at radius 2 is 2.22 bits per heavy atom. The van der Waals surface area contributed by atoms with Gasteiger partial charge in [-0.15, -0.1) is 0 Å². The van der Waals surface area contributed by atoms with E-state index >= 15 is 0 Å². The van der Waals surface area contributed by atoms with Gasteiger partial charge in [0.15, 0.2) is 0 Å². The molecular formula is C12H18N2O3S. The first-order chi connectivity index (χ1) is 8.58. The van der Waals surface area contributed by atoms with Gasteiger partial charge in [-0.05, 0) is 30.0 Å². The second-order valence-electron chi connectivity index (χ2n) is 4.35. The van der Waals surface area contributed by atoms with Gasteiger partial charge in [-0.2, -0.15) is 4.31 Å². The second-order valence-corrected chi connectivity index (χ2v) is 6.61. The van der Waals surface area contributed by atoms with E-state index in [1.54, 1.807) is 26.4 Å². The Morgan fingerprint density at radius 1 is 1.44 bits per heavy atom. The largest absolute Gasteiger partial charge is 0.380 e. The Morgan fingerprint density at radius 3 is 2.89 bits per heavy atom. The molecule has 18 heavy (non-hydrogen) atoms. The number of methoxy groups -OCH3 is 1. The predicted octanol–water partition coefficient (Wildman–Crippen LogP) is 0.936. The van der Waals surface area contributed by atoms with Gasteiger partial charge in [0.25, 0.3) is 0 Å². The van der Waals surface area contributed by atoms with Gasteiger partial charge in [-0.1, -0.05) is 0 Å². The molecule has 1 aliphatic rings. The molecule has 0 saturated carbocycles. The van der Waals surface area contributed by atoms with Crippen LogP contribution >= 0.6 is 0 Å². The normalized spacial score (nSPS) is 16.6. The average Bonchev–Trinajstić information content (AvgIpc) is 2.39. The molecule has 0 N–H and O–H groups in total. The number of nitrogens with zero attached hydrogens (tertiary/aromatic N) is 2. The summed E-state index contributed by atoms with van der Waals surface area (Å²) in [5.74, 6) is 0.146. The van der Waals surface area contributed by atoms with E-state index in [-0.39, 0.29) is 5.75 Å². The van der Waals surface area contributed by atoms with E-state index in [2.05, 4.69) is 4.98 Å². The highest BCUT2D eigenvalue weighted by Crippen LogP contribution is 2.23. The number of aromatic nitrogens is 1. The van der Waals surface area contributed by atoms with E-state index in [9.17, 15) is 8.42 Å². The fourth-order valence-corrected chi connectivity index (χ4v) is 3.31. The smallest absolute Gasteiger partial charge is 0.214 e. The van der Waals surface area contributed by atoms with Crippen molar-refractivity contribution in [3.63, 3.8) is 0 Å². The Labute approximate surface area is 108 Å². The molecule has 0 aromatic carbocycles. The molecule has 0 aliphatic carbocycles. The maximum Gasteiger partial charge on any atom is 0.214 e. The molecule has 0 spiro atoms. The van der Waals surface area contributed by atoms with Crippen LogP contribution in [0.4, 0.5) is 0 Å². The Kier molecular flexibility index (Phi) is 3.99. The first-order valence-electron chi connectivity index (χ1n) is 6.00. The van der Waals surface area contributed by atoms with Crippen molar-refractivity contribution in [1.82, 2.24) is 9.29 Å². The summed E-state index contributed by atoms with van der Waals surface area (Å²) in [7, 11) is -1.47. The van der Waals surface area contributed by atoms with Gasteiger partial charge in [-0.25, -0.2) is 8.42 Å². The topological polar surface area (TPSA) is 59.5 Å². The molecule has 1 aromatic rings. The fourth-order valence-electron chi connectivity index (χ4n) is 2.24. The number of sulfonamides is 1. The van der Waals surface area contributed by atoms with E-state index < -0.39 is 10.0 Å². The first-order valence-corrected chi connectivity index (χ1v) is 7.60. The predicted molar refractivity (Wildman–Crippen MR) is 68.5 cm³/mol. The fraction of sp³-hybridized carbons (Fsp3) is 0.583. The number of hydrogen-bond donors (Lipinski definition) is 0. The molecular weight excluding hydrogens is 252 g/mol. The highest BCUT2D eigenvalue weighted by atomic mass is 32.2. The number of hydrogen-bond acceptors (Lipinski definition) is 4. The summed E-state index contributed by atoms with van der Waals surface area (Å²) in [5, 5.41) is 0. The summed E-state index contributed by atoms with van der Waals surface area (Å²) < 4.78 is 30.4. The number of pyridine rings is 1. The van der Waals surface area contributed by atoms with Crippen molar-refractivity contribution in [2.24, 2.45) is 0 Å². The molecule has 5 nitrogen and oxygen atoms in total. The van der Waals surface area contributed by atoms with E-state index in [4.69, 9.17) is 4.74 Å². The second kappa shape index (κ2) is 5.34. The highest BCUT2D eigenvalue weighted by molar-refractivity contribution is 7.89. The van der Waals surface area contributed by atoms with Crippen LogP contribution in [-0.2, 0) is 34.3 Å². The van der Waals surface area contributed by atoms with Crippen LogP contribution in [0, 0.1) is 0 Å². The van der Waals surface area contributed by atoms with Crippen LogP contribution in [0.2, 0.25) is 0 Å². The van der Waals surface area contributed by atoms with Crippen LogP contribution in [0.15, 0.2) is 12.4 Å². The molecule has 100 valence electrons. The third-order valence-corrected chi connectivity index (χ3v) is 5.08. The summed E-state index contributed by atoms with van der Waals surface area (Å²) in [6, 6.07) is 0. The standard InChI is InChI=1S/C12H18N2O3S/c1-3-18(15,16)14-5-4-12-10(8-14)6-13-7-11(12)9-17-2/h6-7H,3-5,8-9H2,1-2H3. The maximum absolute atomic E-state index is 11.9. The van der Waals surface area contributed by atoms with Gasteiger partial charge in [0.2, 0.25) is 10.0 Å². The Hall–Kier alpha value is -0.980. The zero-order valence-electron chi connectivity index (χ0n) is 10.7. The molecule has 0 fully saturated rings. The van der Waals surface area contributed by atoms with E-state index in [1.165, 1.54) is 9.87 Å².